The lowest BCUT2D eigenvalue weighted by Crippen LogP contribution is -2.37. The van der Waals surface area contributed by atoms with Gasteiger partial charge in [-0.2, -0.15) is 0 Å². The van der Waals surface area contributed by atoms with E-state index in [2.05, 4.69) is 21.8 Å². The number of nitrogens with two attached hydrogens (primary N) is 1. The van der Waals surface area contributed by atoms with Crippen molar-refractivity contribution in [1.82, 2.24) is 9.88 Å². The van der Waals surface area contributed by atoms with Crippen LogP contribution in [0.2, 0.25) is 0 Å². The summed E-state index contributed by atoms with van der Waals surface area (Å²) in [4.78, 5) is 20.1. The zero-order valence-corrected chi connectivity index (χ0v) is 11.6. The SMILES string of the molecule is CN1C2CCC1CN(c1cc(C(=O)O)c(N)cn1)CC2. The molecule has 108 valence electrons. The van der Waals surface area contributed by atoms with Gasteiger partial charge in [0.1, 0.15) is 5.82 Å². The topological polar surface area (TPSA) is 82.7 Å². The Labute approximate surface area is 118 Å². The fourth-order valence-corrected chi connectivity index (χ4v) is 3.33. The molecule has 2 bridgehead atoms. The van der Waals surface area contributed by atoms with Crippen LogP contribution in [0.3, 0.4) is 0 Å². The maximum Gasteiger partial charge on any atom is 0.337 e. The second-order valence-corrected chi connectivity index (χ2v) is 5.72. The molecule has 6 heteroatoms. The van der Waals surface area contributed by atoms with Crippen LogP contribution in [-0.4, -0.2) is 53.2 Å². The van der Waals surface area contributed by atoms with Crippen LogP contribution in [0.1, 0.15) is 29.6 Å². The van der Waals surface area contributed by atoms with Gasteiger partial charge in [0.15, 0.2) is 0 Å². The molecule has 2 aliphatic heterocycles. The maximum atomic E-state index is 11.2. The molecule has 0 radical (unpaired) electrons. The van der Waals surface area contributed by atoms with Crippen molar-refractivity contribution >= 4 is 17.5 Å². The van der Waals surface area contributed by atoms with Crippen molar-refractivity contribution in [3.8, 4) is 0 Å². The molecule has 2 fully saturated rings. The molecule has 1 aromatic rings. The first-order valence-electron chi connectivity index (χ1n) is 7.02. The molecule has 6 nitrogen and oxygen atoms in total. The van der Waals surface area contributed by atoms with Crippen molar-refractivity contribution in [2.45, 2.75) is 31.3 Å². The van der Waals surface area contributed by atoms with Gasteiger partial charge in [0.2, 0.25) is 0 Å². The van der Waals surface area contributed by atoms with Crippen LogP contribution < -0.4 is 10.6 Å². The number of pyridine rings is 1. The third-order valence-electron chi connectivity index (χ3n) is 4.62. The van der Waals surface area contributed by atoms with Crippen LogP contribution in [-0.2, 0) is 0 Å². The van der Waals surface area contributed by atoms with Gasteiger partial charge in [-0.05, 0) is 32.4 Å². The molecule has 2 atom stereocenters. The highest BCUT2D eigenvalue weighted by molar-refractivity contribution is 5.94. The summed E-state index contributed by atoms with van der Waals surface area (Å²) in [6.45, 7) is 1.82. The summed E-state index contributed by atoms with van der Waals surface area (Å²) < 4.78 is 0. The Kier molecular flexibility index (Phi) is 3.25. The molecule has 0 spiro atoms. The fourth-order valence-electron chi connectivity index (χ4n) is 3.33. The van der Waals surface area contributed by atoms with Gasteiger partial charge in [-0.25, -0.2) is 9.78 Å². The lowest BCUT2D eigenvalue weighted by molar-refractivity contribution is 0.0698. The van der Waals surface area contributed by atoms with E-state index in [0.29, 0.717) is 12.1 Å². The van der Waals surface area contributed by atoms with Crippen LogP contribution in [0, 0.1) is 0 Å². The normalized spacial score (nSPS) is 26.6. The number of aromatic nitrogens is 1. The molecule has 2 aliphatic rings. The Balaban J connectivity index is 1.86. The second kappa shape index (κ2) is 4.94. The monoisotopic (exact) mass is 276 g/mol. The van der Waals surface area contributed by atoms with E-state index >= 15 is 0 Å². The number of fused-ring (bicyclic) bond motifs is 2. The average molecular weight is 276 g/mol. The predicted molar refractivity (Wildman–Crippen MR) is 77.0 cm³/mol. The lowest BCUT2D eigenvalue weighted by atomic mass is 10.1. The largest absolute Gasteiger partial charge is 0.478 e. The number of aromatic carboxylic acids is 1. The number of hydrogen-bond donors (Lipinski definition) is 2. The third kappa shape index (κ3) is 2.20. The highest BCUT2D eigenvalue weighted by Crippen LogP contribution is 2.30. The molecule has 0 aliphatic carbocycles. The zero-order chi connectivity index (χ0) is 14.3. The molecule has 20 heavy (non-hydrogen) atoms. The van der Waals surface area contributed by atoms with Crippen molar-refractivity contribution in [2.75, 3.05) is 30.8 Å². The van der Waals surface area contributed by atoms with Gasteiger partial charge in [-0.15, -0.1) is 0 Å². The van der Waals surface area contributed by atoms with Gasteiger partial charge in [-0.1, -0.05) is 0 Å². The van der Waals surface area contributed by atoms with E-state index in [0.717, 1.165) is 25.3 Å². The zero-order valence-electron chi connectivity index (χ0n) is 11.6. The highest BCUT2D eigenvalue weighted by Gasteiger charge is 2.35. The number of hydrogen-bond acceptors (Lipinski definition) is 5. The van der Waals surface area contributed by atoms with E-state index in [1.165, 1.54) is 19.0 Å². The summed E-state index contributed by atoms with van der Waals surface area (Å²) in [5.41, 5.74) is 6.02. The van der Waals surface area contributed by atoms with E-state index in [1.54, 1.807) is 6.07 Å². The van der Waals surface area contributed by atoms with E-state index in [4.69, 9.17) is 10.8 Å². The summed E-state index contributed by atoms with van der Waals surface area (Å²) in [6, 6.07) is 2.78. The number of nitrogens with zero attached hydrogens (tertiary/aromatic N) is 3. The second-order valence-electron chi connectivity index (χ2n) is 5.72. The van der Waals surface area contributed by atoms with Gasteiger partial charge < -0.3 is 15.7 Å². The minimum atomic E-state index is -1.00. The maximum absolute atomic E-state index is 11.2. The van der Waals surface area contributed by atoms with Crippen molar-refractivity contribution in [3.63, 3.8) is 0 Å². The van der Waals surface area contributed by atoms with Gasteiger partial charge in [0, 0.05) is 25.2 Å². The molecule has 0 amide bonds. The summed E-state index contributed by atoms with van der Waals surface area (Å²) in [6.07, 6.45) is 5.02. The number of carboxylic acid groups (broad SMARTS) is 1. The smallest absolute Gasteiger partial charge is 0.337 e. The molecular weight excluding hydrogens is 256 g/mol. The molecule has 3 rings (SSSR count). The summed E-state index contributed by atoms with van der Waals surface area (Å²) in [5.74, 6) is -0.280. The molecule has 1 aromatic heterocycles. The third-order valence-corrected chi connectivity index (χ3v) is 4.62. The summed E-state index contributed by atoms with van der Waals surface area (Å²) >= 11 is 0. The molecule has 0 saturated carbocycles. The van der Waals surface area contributed by atoms with Gasteiger partial charge in [0.25, 0.3) is 0 Å². The van der Waals surface area contributed by atoms with Gasteiger partial charge in [-0.3, -0.25) is 4.90 Å². The summed E-state index contributed by atoms with van der Waals surface area (Å²) in [5, 5.41) is 9.16. The Morgan fingerprint density at radius 2 is 2.15 bits per heavy atom. The molecule has 3 N–H and O–H groups in total. The Morgan fingerprint density at radius 1 is 1.40 bits per heavy atom. The van der Waals surface area contributed by atoms with Crippen LogP contribution in [0.25, 0.3) is 0 Å². The number of carboxylic acids is 1. The van der Waals surface area contributed by atoms with Gasteiger partial charge in [0.05, 0.1) is 17.4 Å². The number of anilines is 2. The Morgan fingerprint density at radius 3 is 2.90 bits per heavy atom. The average Bonchev–Trinajstić information content (AvgIpc) is 2.64. The molecule has 2 saturated heterocycles. The molecule has 2 unspecified atom stereocenters. The molecule has 3 heterocycles. The molecule has 0 aromatic carbocycles. The minimum absolute atomic E-state index is 0.137. The summed E-state index contributed by atoms with van der Waals surface area (Å²) in [7, 11) is 2.19. The Hall–Kier alpha value is -1.82. The number of carbonyl (C=O) groups is 1. The van der Waals surface area contributed by atoms with E-state index in [-0.39, 0.29) is 11.3 Å². The standard InChI is InChI=1S/C14H20N4O2/c1-17-9-2-3-10(17)8-18(5-4-9)13-6-11(14(19)20)12(15)7-16-13/h6-7,9-10H,2-5,8,15H2,1H3,(H,19,20). The quantitative estimate of drug-likeness (QED) is 0.839. The molecular formula is C14H20N4O2. The van der Waals surface area contributed by atoms with E-state index < -0.39 is 5.97 Å². The number of likely N-dealkylation sites (N-methyl/N-ethyl adjacent to an activating group) is 1. The van der Waals surface area contributed by atoms with Crippen molar-refractivity contribution in [2.24, 2.45) is 0 Å². The fraction of sp³-hybridized carbons (Fsp3) is 0.571. The van der Waals surface area contributed by atoms with E-state index in [9.17, 15) is 4.79 Å². The van der Waals surface area contributed by atoms with Crippen LogP contribution in [0.5, 0.6) is 0 Å². The minimum Gasteiger partial charge on any atom is -0.478 e. The van der Waals surface area contributed by atoms with Crippen molar-refractivity contribution in [1.29, 1.82) is 0 Å². The Bertz CT molecular complexity index is 534. The lowest BCUT2D eigenvalue weighted by Gasteiger charge is -2.26. The number of rotatable bonds is 2. The van der Waals surface area contributed by atoms with E-state index in [1.807, 2.05) is 0 Å². The first-order valence-corrected chi connectivity index (χ1v) is 7.02. The first kappa shape index (κ1) is 13.2. The number of nitrogen functional groups attached to an aromatic ring is 1. The van der Waals surface area contributed by atoms with Crippen LogP contribution in [0.4, 0.5) is 11.5 Å². The first-order chi connectivity index (χ1) is 9.56. The van der Waals surface area contributed by atoms with Crippen LogP contribution in [0.15, 0.2) is 12.3 Å². The van der Waals surface area contributed by atoms with Gasteiger partial charge >= 0.3 is 5.97 Å². The van der Waals surface area contributed by atoms with Crippen molar-refractivity contribution in [3.05, 3.63) is 17.8 Å². The predicted octanol–water partition coefficient (Wildman–Crippen LogP) is 1.03. The highest BCUT2D eigenvalue weighted by atomic mass is 16.4. The van der Waals surface area contributed by atoms with Crippen molar-refractivity contribution < 1.29 is 9.90 Å². The van der Waals surface area contributed by atoms with Crippen LogP contribution >= 0.6 is 0 Å².